The number of nitrogens with one attached hydrogen (secondary N) is 1. The lowest BCUT2D eigenvalue weighted by Crippen LogP contribution is -2.30. The molecule has 0 aliphatic rings. The van der Waals surface area contributed by atoms with Gasteiger partial charge in [-0.25, -0.2) is 18.5 Å². The standard InChI is InChI=1S/C15H20N4O3S2/c1-9-5-10(2)14(11(3)6-9)18-12(20)8-19(4)15-17-7-13(23-15)24(16,21)22/h5-7H,8H2,1-4H3,(H,18,20)(H2,16,21,22). The highest BCUT2D eigenvalue weighted by Crippen LogP contribution is 2.25. The second-order valence-corrected chi connectivity index (χ2v) is 8.48. The van der Waals surface area contributed by atoms with E-state index in [-0.39, 0.29) is 16.7 Å². The minimum Gasteiger partial charge on any atom is -0.342 e. The molecule has 0 spiro atoms. The Bertz CT molecular complexity index is 852. The van der Waals surface area contributed by atoms with Crippen molar-refractivity contribution in [3.63, 3.8) is 0 Å². The van der Waals surface area contributed by atoms with Crippen molar-refractivity contribution in [1.82, 2.24) is 4.98 Å². The first-order chi connectivity index (χ1) is 11.1. The van der Waals surface area contributed by atoms with Gasteiger partial charge in [-0.2, -0.15) is 0 Å². The molecule has 1 aromatic carbocycles. The van der Waals surface area contributed by atoms with Crippen LogP contribution in [0, 0.1) is 20.8 Å². The maximum absolute atomic E-state index is 12.3. The molecule has 0 radical (unpaired) electrons. The Hall–Kier alpha value is -1.97. The maximum Gasteiger partial charge on any atom is 0.249 e. The zero-order chi connectivity index (χ0) is 18.1. The van der Waals surface area contributed by atoms with Crippen LogP contribution in [0.1, 0.15) is 16.7 Å². The Morgan fingerprint density at radius 2 is 1.88 bits per heavy atom. The molecule has 130 valence electrons. The molecule has 0 aliphatic heterocycles. The van der Waals surface area contributed by atoms with Gasteiger partial charge in [0.2, 0.25) is 15.9 Å². The zero-order valence-corrected chi connectivity index (χ0v) is 15.6. The molecular weight excluding hydrogens is 348 g/mol. The number of hydrogen-bond donors (Lipinski definition) is 2. The van der Waals surface area contributed by atoms with Gasteiger partial charge in [-0.05, 0) is 31.9 Å². The van der Waals surface area contributed by atoms with Crippen LogP contribution in [0.5, 0.6) is 0 Å². The minimum atomic E-state index is -3.78. The molecule has 7 nitrogen and oxygen atoms in total. The smallest absolute Gasteiger partial charge is 0.249 e. The van der Waals surface area contributed by atoms with Gasteiger partial charge in [0.25, 0.3) is 0 Å². The van der Waals surface area contributed by atoms with Crippen LogP contribution in [-0.2, 0) is 14.8 Å². The molecule has 0 bridgehead atoms. The number of thiazole rings is 1. The monoisotopic (exact) mass is 368 g/mol. The highest BCUT2D eigenvalue weighted by Gasteiger charge is 2.17. The summed E-state index contributed by atoms with van der Waals surface area (Å²) in [7, 11) is -2.11. The van der Waals surface area contributed by atoms with E-state index in [9.17, 15) is 13.2 Å². The number of carbonyl (C=O) groups excluding carboxylic acids is 1. The van der Waals surface area contributed by atoms with Crippen molar-refractivity contribution in [2.24, 2.45) is 5.14 Å². The van der Waals surface area contributed by atoms with E-state index < -0.39 is 10.0 Å². The Balaban J connectivity index is 2.09. The quantitative estimate of drug-likeness (QED) is 0.837. The van der Waals surface area contributed by atoms with Gasteiger partial charge in [0, 0.05) is 12.7 Å². The first-order valence-electron chi connectivity index (χ1n) is 7.15. The Kier molecular flexibility index (Phi) is 5.26. The molecule has 0 saturated heterocycles. The first-order valence-corrected chi connectivity index (χ1v) is 9.51. The topological polar surface area (TPSA) is 105 Å². The average Bonchev–Trinajstić information content (AvgIpc) is 2.92. The number of anilines is 2. The summed E-state index contributed by atoms with van der Waals surface area (Å²) in [6.07, 6.45) is 1.19. The Morgan fingerprint density at radius 3 is 2.38 bits per heavy atom. The molecule has 0 atom stereocenters. The van der Waals surface area contributed by atoms with Crippen LogP contribution < -0.4 is 15.4 Å². The normalized spacial score (nSPS) is 11.4. The lowest BCUT2D eigenvalue weighted by atomic mass is 10.1. The second kappa shape index (κ2) is 6.88. The van der Waals surface area contributed by atoms with Gasteiger partial charge in [-0.15, -0.1) is 0 Å². The van der Waals surface area contributed by atoms with Crippen LogP contribution in [0.3, 0.4) is 0 Å². The van der Waals surface area contributed by atoms with Gasteiger partial charge in [-0.1, -0.05) is 29.0 Å². The van der Waals surface area contributed by atoms with Crippen LogP contribution in [0.15, 0.2) is 22.5 Å². The van der Waals surface area contributed by atoms with Crippen molar-refractivity contribution in [3.05, 3.63) is 35.0 Å². The molecule has 2 rings (SSSR count). The number of rotatable bonds is 5. The fourth-order valence-electron chi connectivity index (χ4n) is 2.40. The van der Waals surface area contributed by atoms with Gasteiger partial charge in [0.15, 0.2) is 9.34 Å². The van der Waals surface area contributed by atoms with E-state index >= 15 is 0 Å². The lowest BCUT2D eigenvalue weighted by Gasteiger charge is -2.17. The molecule has 1 amide bonds. The number of amides is 1. The van der Waals surface area contributed by atoms with Gasteiger partial charge < -0.3 is 10.2 Å². The number of benzene rings is 1. The molecular formula is C15H20N4O3S2. The second-order valence-electron chi connectivity index (χ2n) is 5.68. The van der Waals surface area contributed by atoms with Crippen molar-refractivity contribution in [3.8, 4) is 0 Å². The van der Waals surface area contributed by atoms with E-state index in [1.807, 2.05) is 32.9 Å². The molecule has 0 fully saturated rings. The van der Waals surface area contributed by atoms with E-state index in [0.29, 0.717) is 5.13 Å². The number of hydrogen-bond acceptors (Lipinski definition) is 6. The fraction of sp³-hybridized carbons (Fsp3) is 0.333. The van der Waals surface area contributed by atoms with Crippen LogP contribution in [-0.4, -0.2) is 32.9 Å². The van der Waals surface area contributed by atoms with E-state index in [1.165, 1.54) is 6.20 Å². The predicted molar refractivity (Wildman–Crippen MR) is 96.0 cm³/mol. The van der Waals surface area contributed by atoms with E-state index in [4.69, 9.17) is 5.14 Å². The summed E-state index contributed by atoms with van der Waals surface area (Å²) in [5, 5.41) is 8.37. The van der Waals surface area contributed by atoms with Crippen LogP contribution in [0.25, 0.3) is 0 Å². The molecule has 2 aromatic rings. The lowest BCUT2D eigenvalue weighted by molar-refractivity contribution is -0.114. The summed E-state index contributed by atoms with van der Waals surface area (Å²) in [6, 6.07) is 4.01. The molecule has 1 aromatic heterocycles. The molecule has 24 heavy (non-hydrogen) atoms. The summed E-state index contributed by atoms with van der Waals surface area (Å²) in [4.78, 5) is 17.8. The van der Waals surface area contributed by atoms with E-state index in [1.54, 1.807) is 11.9 Å². The third-order valence-electron chi connectivity index (χ3n) is 3.40. The third-order valence-corrected chi connectivity index (χ3v) is 5.92. The van der Waals surface area contributed by atoms with Crippen LogP contribution >= 0.6 is 11.3 Å². The van der Waals surface area contributed by atoms with Crippen LogP contribution in [0.4, 0.5) is 10.8 Å². The van der Waals surface area contributed by atoms with Gasteiger partial charge in [0.1, 0.15) is 0 Å². The minimum absolute atomic E-state index is 0.0324. The van der Waals surface area contributed by atoms with Crippen molar-refractivity contribution in [2.75, 3.05) is 23.8 Å². The van der Waals surface area contributed by atoms with Crippen molar-refractivity contribution >= 4 is 38.1 Å². The molecule has 0 saturated carbocycles. The number of primary sulfonamides is 1. The van der Waals surface area contributed by atoms with E-state index in [0.717, 1.165) is 33.7 Å². The summed E-state index contributed by atoms with van der Waals surface area (Å²) >= 11 is 0.926. The van der Waals surface area contributed by atoms with Gasteiger partial charge in [-0.3, -0.25) is 4.79 Å². The Labute approximate surface area is 145 Å². The van der Waals surface area contributed by atoms with Gasteiger partial charge in [0.05, 0.1) is 12.7 Å². The molecule has 0 unspecified atom stereocenters. The molecule has 9 heteroatoms. The van der Waals surface area contributed by atoms with E-state index in [2.05, 4.69) is 10.3 Å². The largest absolute Gasteiger partial charge is 0.342 e. The van der Waals surface area contributed by atoms with Gasteiger partial charge >= 0.3 is 0 Å². The van der Waals surface area contributed by atoms with Crippen LogP contribution in [0.2, 0.25) is 0 Å². The van der Waals surface area contributed by atoms with Crippen molar-refractivity contribution in [2.45, 2.75) is 25.0 Å². The van der Waals surface area contributed by atoms with Crippen molar-refractivity contribution in [1.29, 1.82) is 0 Å². The number of sulfonamides is 1. The summed E-state index contributed by atoms with van der Waals surface area (Å²) in [5.41, 5.74) is 3.92. The fourth-order valence-corrected chi connectivity index (χ4v) is 3.90. The third kappa shape index (κ3) is 4.31. The highest BCUT2D eigenvalue weighted by atomic mass is 32.2. The first kappa shape index (κ1) is 18.4. The Morgan fingerprint density at radius 1 is 1.29 bits per heavy atom. The number of nitrogens with two attached hydrogens (primary N) is 1. The maximum atomic E-state index is 12.3. The molecule has 1 heterocycles. The average molecular weight is 368 g/mol. The zero-order valence-electron chi connectivity index (χ0n) is 14.0. The number of nitrogens with zero attached hydrogens (tertiary/aromatic N) is 2. The highest BCUT2D eigenvalue weighted by molar-refractivity contribution is 7.91. The number of aryl methyl sites for hydroxylation is 3. The molecule has 3 N–H and O–H groups in total. The number of carbonyl (C=O) groups is 1. The summed E-state index contributed by atoms with van der Waals surface area (Å²) < 4.78 is 22.5. The summed E-state index contributed by atoms with van der Waals surface area (Å²) in [6.45, 7) is 5.94. The molecule has 0 aliphatic carbocycles. The van der Waals surface area contributed by atoms with Crippen molar-refractivity contribution < 1.29 is 13.2 Å². The summed E-state index contributed by atoms with van der Waals surface area (Å²) in [5.74, 6) is -0.208. The predicted octanol–water partition coefficient (Wildman–Crippen LogP) is 1.79. The SMILES string of the molecule is Cc1cc(C)c(NC(=O)CN(C)c2ncc(S(N)(=O)=O)s2)c(C)c1. The number of likely N-dealkylation sites (N-methyl/N-ethyl adjacent to an activating group) is 1. The number of aromatic nitrogens is 1.